The first-order chi connectivity index (χ1) is 8.37. The van der Waals surface area contributed by atoms with E-state index in [0.717, 1.165) is 31.4 Å². The van der Waals surface area contributed by atoms with Gasteiger partial charge in [-0.25, -0.2) is 0 Å². The zero-order valence-electron chi connectivity index (χ0n) is 9.57. The molecule has 100 valence electrons. The highest BCUT2D eigenvalue weighted by Crippen LogP contribution is 2.40. The zero-order valence-corrected chi connectivity index (χ0v) is 9.57. The number of ether oxygens (including phenoxy) is 1. The SMILES string of the molecule is N[C@H](c1cc(OC(F)(F)F)ccc1O)C1CCC1. The van der Waals surface area contributed by atoms with E-state index in [2.05, 4.69) is 4.74 Å². The van der Waals surface area contributed by atoms with Crippen LogP contribution in [0.1, 0.15) is 30.9 Å². The fourth-order valence-electron chi connectivity index (χ4n) is 2.05. The van der Waals surface area contributed by atoms with E-state index in [4.69, 9.17) is 5.73 Å². The molecule has 0 unspecified atom stereocenters. The number of hydrogen-bond acceptors (Lipinski definition) is 3. The Hall–Kier alpha value is -1.43. The maximum Gasteiger partial charge on any atom is 0.573 e. The van der Waals surface area contributed by atoms with Gasteiger partial charge in [-0.3, -0.25) is 0 Å². The van der Waals surface area contributed by atoms with Crippen LogP contribution in [0.2, 0.25) is 0 Å². The van der Waals surface area contributed by atoms with Crippen LogP contribution in [0.15, 0.2) is 18.2 Å². The summed E-state index contributed by atoms with van der Waals surface area (Å²) in [5.74, 6) is -0.231. The van der Waals surface area contributed by atoms with Crippen LogP contribution in [0.25, 0.3) is 0 Å². The van der Waals surface area contributed by atoms with Crippen LogP contribution < -0.4 is 10.5 Å². The molecular formula is C12H14F3NO2. The molecule has 0 amide bonds. The maximum atomic E-state index is 12.1. The molecule has 0 aliphatic heterocycles. The van der Waals surface area contributed by atoms with Crippen molar-refractivity contribution in [2.75, 3.05) is 0 Å². The van der Waals surface area contributed by atoms with Crippen molar-refractivity contribution in [3.8, 4) is 11.5 Å². The minimum absolute atomic E-state index is 0.0936. The molecule has 1 fully saturated rings. The van der Waals surface area contributed by atoms with Crippen molar-refractivity contribution in [3.63, 3.8) is 0 Å². The minimum atomic E-state index is -4.74. The Labute approximate surface area is 102 Å². The Morgan fingerprint density at radius 2 is 2.00 bits per heavy atom. The zero-order chi connectivity index (χ0) is 13.3. The fraction of sp³-hybridized carbons (Fsp3) is 0.500. The largest absolute Gasteiger partial charge is 0.573 e. The molecule has 1 aliphatic rings. The lowest BCUT2D eigenvalue weighted by Crippen LogP contribution is -2.27. The van der Waals surface area contributed by atoms with E-state index in [0.29, 0.717) is 5.56 Å². The van der Waals surface area contributed by atoms with Crippen molar-refractivity contribution in [1.29, 1.82) is 0 Å². The Bertz CT molecular complexity index is 430. The van der Waals surface area contributed by atoms with Crippen molar-refractivity contribution in [3.05, 3.63) is 23.8 Å². The van der Waals surface area contributed by atoms with Crippen molar-refractivity contribution in [1.82, 2.24) is 0 Å². The number of phenols is 1. The maximum absolute atomic E-state index is 12.1. The average Bonchev–Trinajstić information content (AvgIpc) is 2.16. The molecule has 0 spiro atoms. The summed E-state index contributed by atoms with van der Waals surface area (Å²) in [7, 11) is 0. The second kappa shape index (κ2) is 4.68. The van der Waals surface area contributed by atoms with Gasteiger partial charge in [-0.1, -0.05) is 6.42 Å². The lowest BCUT2D eigenvalue weighted by Gasteiger charge is -2.31. The fourth-order valence-corrected chi connectivity index (χ4v) is 2.05. The Morgan fingerprint density at radius 3 is 2.50 bits per heavy atom. The van der Waals surface area contributed by atoms with Crippen LogP contribution in [-0.2, 0) is 0 Å². The summed E-state index contributed by atoms with van der Waals surface area (Å²) >= 11 is 0. The van der Waals surface area contributed by atoms with Crippen LogP contribution in [0.4, 0.5) is 13.2 Å². The van der Waals surface area contributed by atoms with E-state index in [1.54, 1.807) is 0 Å². The van der Waals surface area contributed by atoms with Gasteiger partial charge in [0.1, 0.15) is 11.5 Å². The smallest absolute Gasteiger partial charge is 0.508 e. The monoisotopic (exact) mass is 261 g/mol. The molecule has 0 heterocycles. The molecule has 0 saturated heterocycles. The number of halogens is 3. The molecule has 0 aromatic heterocycles. The van der Waals surface area contributed by atoms with Crippen molar-refractivity contribution in [2.45, 2.75) is 31.7 Å². The van der Waals surface area contributed by atoms with Gasteiger partial charge in [0.05, 0.1) is 0 Å². The number of phenolic OH excluding ortho intramolecular Hbond substituents is 1. The predicted octanol–water partition coefficient (Wildman–Crippen LogP) is 3.09. The molecule has 3 N–H and O–H groups in total. The molecule has 1 aromatic rings. The first kappa shape index (κ1) is 13.0. The second-order valence-corrected chi connectivity index (χ2v) is 4.49. The standard InChI is InChI=1S/C12H14F3NO2/c13-12(14,15)18-8-4-5-10(17)9(6-8)11(16)7-2-1-3-7/h4-7,11,17H,1-3,16H2/t11-/m0/s1. The summed E-state index contributed by atoms with van der Waals surface area (Å²) in [4.78, 5) is 0. The van der Waals surface area contributed by atoms with E-state index in [1.165, 1.54) is 6.07 Å². The molecule has 6 heteroatoms. The van der Waals surface area contributed by atoms with Crippen LogP contribution in [-0.4, -0.2) is 11.5 Å². The van der Waals surface area contributed by atoms with Gasteiger partial charge >= 0.3 is 6.36 Å². The van der Waals surface area contributed by atoms with Gasteiger partial charge in [-0.2, -0.15) is 0 Å². The lowest BCUT2D eigenvalue weighted by molar-refractivity contribution is -0.274. The first-order valence-corrected chi connectivity index (χ1v) is 5.71. The number of hydrogen-bond donors (Lipinski definition) is 2. The molecule has 2 rings (SSSR count). The molecular weight excluding hydrogens is 247 g/mol. The highest BCUT2D eigenvalue weighted by atomic mass is 19.4. The van der Waals surface area contributed by atoms with Crippen LogP contribution in [0, 0.1) is 5.92 Å². The van der Waals surface area contributed by atoms with Gasteiger partial charge in [0.25, 0.3) is 0 Å². The molecule has 0 radical (unpaired) electrons. The van der Waals surface area contributed by atoms with Crippen molar-refractivity contribution >= 4 is 0 Å². The van der Waals surface area contributed by atoms with Crippen LogP contribution in [0.3, 0.4) is 0 Å². The highest BCUT2D eigenvalue weighted by molar-refractivity contribution is 5.41. The summed E-state index contributed by atoms with van der Waals surface area (Å²) in [6, 6.07) is 2.95. The Kier molecular flexibility index (Phi) is 3.38. The minimum Gasteiger partial charge on any atom is -0.508 e. The first-order valence-electron chi connectivity index (χ1n) is 5.71. The van der Waals surface area contributed by atoms with Crippen molar-refractivity contribution in [2.24, 2.45) is 11.7 Å². The van der Waals surface area contributed by atoms with Gasteiger partial charge in [0, 0.05) is 11.6 Å². The van der Waals surface area contributed by atoms with Crippen LogP contribution in [0.5, 0.6) is 11.5 Å². The van der Waals surface area contributed by atoms with E-state index >= 15 is 0 Å². The quantitative estimate of drug-likeness (QED) is 0.879. The van der Waals surface area contributed by atoms with Crippen LogP contribution >= 0.6 is 0 Å². The number of nitrogens with two attached hydrogens (primary N) is 1. The second-order valence-electron chi connectivity index (χ2n) is 4.49. The van der Waals surface area contributed by atoms with Gasteiger partial charge in [0.2, 0.25) is 0 Å². The topological polar surface area (TPSA) is 55.5 Å². The summed E-state index contributed by atoms with van der Waals surface area (Å²) in [5.41, 5.74) is 6.24. The van der Waals surface area contributed by atoms with Gasteiger partial charge in [0.15, 0.2) is 0 Å². The van der Waals surface area contributed by atoms with Gasteiger partial charge in [-0.15, -0.1) is 13.2 Å². The Morgan fingerprint density at radius 1 is 1.33 bits per heavy atom. The Balaban J connectivity index is 2.20. The normalized spacial score (nSPS) is 18.2. The van der Waals surface area contributed by atoms with E-state index in [9.17, 15) is 18.3 Å². The highest BCUT2D eigenvalue weighted by Gasteiger charge is 2.32. The molecule has 18 heavy (non-hydrogen) atoms. The third kappa shape index (κ3) is 2.87. The summed E-state index contributed by atoms with van der Waals surface area (Å²) in [5, 5.41) is 9.66. The molecule has 3 nitrogen and oxygen atoms in total. The molecule has 1 aliphatic carbocycles. The van der Waals surface area contributed by atoms with Crippen molar-refractivity contribution < 1.29 is 23.0 Å². The molecule has 1 saturated carbocycles. The molecule has 1 atom stereocenters. The number of benzene rings is 1. The van der Waals surface area contributed by atoms with E-state index < -0.39 is 12.4 Å². The van der Waals surface area contributed by atoms with Gasteiger partial charge in [-0.05, 0) is 37.0 Å². The van der Waals surface area contributed by atoms with E-state index in [-0.39, 0.29) is 17.4 Å². The predicted molar refractivity (Wildman–Crippen MR) is 59.1 cm³/mol. The lowest BCUT2D eigenvalue weighted by atomic mass is 9.77. The van der Waals surface area contributed by atoms with Gasteiger partial charge < -0.3 is 15.6 Å². The average molecular weight is 261 g/mol. The van der Waals surface area contributed by atoms with E-state index in [1.807, 2.05) is 0 Å². The third-order valence-electron chi connectivity index (χ3n) is 3.25. The number of aromatic hydroxyl groups is 1. The third-order valence-corrected chi connectivity index (χ3v) is 3.25. The number of rotatable bonds is 3. The number of alkyl halides is 3. The summed E-state index contributed by atoms with van der Waals surface area (Å²) < 4.78 is 40.1. The summed E-state index contributed by atoms with van der Waals surface area (Å²) in [6.45, 7) is 0. The summed E-state index contributed by atoms with van der Waals surface area (Å²) in [6.07, 6.45) is -1.80. The molecule has 1 aromatic carbocycles. The molecule has 0 bridgehead atoms.